The van der Waals surface area contributed by atoms with Crippen LogP contribution in [0.15, 0.2) is 12.2 Å². The molecule has 2 unspecified atom stereocenters. The number of rotatable bonds is 15. The van der Waals surface area contributed by atoms with E-state index in [1.807, 2.05) is 0 Å². The van der Waals surface area contributed by atoms with E-state index in [1.54, 1.807) is 13.8 Å². The summed E-state index contributed by atoms with van der Waals surface area (Å²) in [5.41, 5.74) is -0.700. The zero-order chi connectivity index (χ0) is 19.3. The van der Waals surface area contributed by atoms with Crippen LogP contribution < -0.4 is 0 Å². The van der Waals surface area contributed by atoms with E-state index in [9.17, 15) is 19.8 Å². The monoisotopic (exact) mass is 356 g/mol. The highest BCUT2D eigenvalue weighted by Crippen LogP contribution is 2.24. The van der Waals surface area contributed by atoms with Crippen molar-refractivity contribution in [1.29, 1.82) is 0 Å². The zero-order valence-corrected chi connectivity index (χ0v) is 16.0. The predicted molar refractivity (Wildman–Crippen MR) is 99.4 cm³/mol. The van der Waals surface area contributed by atoms with Gasteiger partial charge in [0.1, 0.15) is 6.10 Å². The zero-order valence-electron chi connectivity index (χ0n) is 16.0. The topological polar surface area (TPSA) is 94.8 Å². The Labute approximate surface area is 152 Å². The molecule has 0 amide bonds. The van der Waals surface area contributed by atoms with Crippen molar-refractivity contribution in [2.24, 2.45) is 5.41 Å². The van der Waals surface area contributed by atoms with E-state index in [2.05, 4.69) is 6.92 Å². The fourth-order valence-corrected chi connectivity index (χ4v) is 2.52. The highest BCUT2D eigenvalue weighted by atomic mass is 16.4. The van der Waals surface area contributed by atoms with E-state index >= 15 is 0 Å². The molecule has 0 radical (unpaired) electrons. The maximum absolute atomic E-state index is 11.8. The van der Waals surface area contributed by atoms with Crippen LogP contribution in [0.3, 0.4) is 0 Å². The van der Waals surface area contributed by atoms with Gasteiger partial charge in [0.05, 0.1) is 11.5 Å². The molecule has 0 saturated carbocycles. The summed E-state index contributed by atoms with van der Waals surface area (Å²) in [6.07, 6.45) is 9.04. The molecule has 0 rings (SSSR count). The molecule has 0 heterocycles. The third kappa shape index (κ3) is 11.9. The van der Waals surface area contributed by atoms with Gasteiger partial charge in [0.15, 0.2) is 5.78 Å². The molecule has 0 aromatic rings. The number of aliphatic hydroxyl groups is 2. The summed E-state index contributed by atoms with van der Waals surface area (Å²) in [6, 6.07) is 0. The van der Waals surface area contributed by atoms with Crippen LogP contribution in [0.2, 0.25) is 0 Å². The maximum atomic E-state index is 11.8. The number of ketones is 1. The summed E-state index contributed by atoms with van der Waals surface area (Å²) < 4.78 is 0. The second kappa shape index (κ2) is 13.1. The lowest BCUT2D eigenvalue weighted by Crippen LogP contribution is -2.23. The molecule has 0 bridgehead atoms. The van der Waals surface area contributed by atoms with Crippen LogP contribution in [0.25, 0.3) is 0 Å². The minimum atomic E-state index is -1.15. The lowest BCUT2D eigenvalue weighted by Gasteiger charge is -2.18. The first-order chi connectivity index (χ1) is 11.7. The lowest BCUT2D eigenvalue weighted by atomic mass is 9.87. The summed E-state index contributed by atoms with van der Waals surface area (Å²) in [4.78, 5) is 22.8. The first kappa shape index (κ1) is 23.8. The number of aliphatic carboxylic acids is 1. The van der Waals surface area contributed by atoms with Crippen molar-refractivity contribution >= 4 is 11.8 Å². The van der Waals surface area contributed by atoms with Crippen molar-refractivity contribution in [1.82, 2.24) is 0 Å². The van der Waals surface area contributed by atoms with Gasteiger partial charge in [-0.15, -0.1) is 0 Å². The Morgan fingerprint density at radius 1 is 0.960 bits per heavy atom. The molecular weight excluding hydrogens is 320 g/mol. The molecule has 0 spiro atoms. The summed E-state index contributed by atoms with van der Waals surface area (Å²) in [5.74, 6) is -1.02. The molecule has 0 aliphatic heterocycles. The normalized spacial score (nSPS) is 14.6. The lowest BCUT2D eigenvalue weighted by molar-refractivity contribution is -0.147. The van der Waals surface area contributed by atoms with Crippen molar-refractivity contribution < 1.29 is 24.9 Å². The third-order valence-electron chi connectivity index (χ3n) is 4.50. The number of hydrogen-bond acceptors (Lipinski definition) is 4. The number of carboxylic acid groups (broad SMARTS) is 1. The average molecular weight is 357 g/mol. The molecule has 0 saturated heterocycles. The van der Waals surface area contributed by atoms with Gasteiger partial charge < -0.3 is 15.3 Å². The number of Topliss-reactive ketones (excluding diaryl/α,β-unsaturated/α-hetero) is 1. The average Bonchev–Trinajstić information content (AvgIpc) is 2.55. The number of unbranched alkanes of at least 4 members (excludes halogenated alkanes) is 5. The van der Waals surface area contributed by atoms with Crippen LogP contribution >= 0.6 is 0 Å². The number of carbonyl (C=O) groups excluding carboxylic acids is 1. The standard InChI is InChI=1S/C20H36O5/c1-4-5-8-11-16(21)13-14-18(23)17(22)12-9-6-7-10-15-20(2,3)19(24)25/h13-14,16,18,21,23H,4-12,15H2,1-3H3,(H,24,25)/b14-13+. The van der Waals surface area contributed by atoms with Crippen molar-refractivity contribution in [3.05, 3.63) is 12.2 Å². The van der Waals surface area contributed by atoms with E-state index in [0.717, 1.165) is 38.5 Å². The first-order valence-corrected chi connectivity index (χ1v) is 9.51. The van der Waals surface area contributed by atoms with Crippen molar-refractivity contribution in [2.75, 3.05) is 0 Å². The number of carboxylic acids is 1. The molecule has 25 heavy (non-hydrogen) atoms. The van der Waals surface area contributed by atoms with Crippen LogP contribution in [0.5, 0.6) is 0 Å². The fraction of sp³-hybridized carbons (Fsp3) is 0.800. The molecule has 0 fully saturated rings. The van der Waals surface area contributed by atoms with E-state index in [4.69, 9.17) is 5.11 Å². The molecule has 0 aliphatic rings. The SMILES string of the molecule is CCCCCC(O)/C=C/C(O)C(=O)CCCCCCC(C)(C)C(=O)O. The van der Waals surface area contributed by atoms with Gasteiger partial charge in [-0.1, -0.05) is 57.6 Å². The largest absolute Gasteiger partial charge is 0.481 e. The second-order valence-electron chi connectivity index (χ2n) is 7.46. The van der Waals surface area contributed by atoms with Crippen molar-refractivity contribution in [3.8, 4) is 0 Å². The van der Waals surface area contributed by atoms with Crippen molar-refractivity contribution in [3.63, 3.8) is 0 Å². The van der Waals surface area contributed by atoms with Gasteiger partial charge in [-0.25, -0.2) is 0 Å². The Hall–Kier alpha value is -1.20. The van der Waals surface area contributed by atoms with Gasteiger partial charge in [-0.2, -0.15) is 0 Å². The predicted octanol–water partition coefficient (Wildman–Crippen LogP) is 3.87. The first-order valence-electron chi connectivity index (χ1n) is 9.51. The minimum absolute atomic E-state index is 0.233. The molecule has 5 nitrogen and oxygen atoms in total. The minimum Gasteiger partial charge on any atom is -0.481 e. The molecule has 3 N–H and O–H groups in total. The van der Waals surface area contributed by atoms with E-state index in [-0.39, 0.29) is 5.78 Å². The Kier molecular flexibility index (Phi) is 12.4. The summed E-state index contributed by atoms with van der Waals surface area (Å²) in [7, 11) is 0. The van der Waals surface area contributed by atoms with Crippen LogP contribution in [-0.4, -0.2) is 39.3 Å². The Bertz CT molecular complexity index is 414. The summed E-state index contributed by atoms with van der Waals surface area (Å²) in [5, 5.41) is 28.6. The molecule has 0 aromatic heterocycles. The van der Waals surface area contributed by atoms with Crippen LogP contribution in [0.4, 0.5) is 0 Å². The van der Waals surface area contributed by atoms with Gasteiger partial charge >= 0.3 is 5.97 Å². The number of hydrogen-bond donors (Lipinski definition) is 3. The van der Waals surface area contributed by atoms with Crippen LogP contribution in [0, 0.1) is 5.41 Å². The highest BCUT2D eigenvalue weighted by Gasteiger charge is 2.25. The Balaban J connectivity index is 3.86. The summed E-state index contributed by atoms with van der Waals surface area (Å²) >= 11 is 0. The smallest absolute Gasteiger partial charge is 0.309 e. The van der Waals surface area contributed by atoms with Gasteiger partial charge in [0.25, 0.3) is 0 Å². The number of aliphatic hydroxyl groups excluding tert-OH is 2. The molecule has 2 atom stereocenters. The second-order valence-corrected chi connectivity index (χ2v) is 7.46. The van der Waals surface area contributed by atoms with Crippen LogP contribution in [-0.2, 0) is 9.59 Å². The Morgan fingerprint density at radius 2 is 1.60 bits per heavy atom. The molecular formula is C20H36O5. The van der Waals surface area contributed by atoms with Crippen molar-refractivity contribution in [2.45, 2.75) is 97.2 Å². The van der Waals surface area contributed by atoms with Crippen LogP contribution in [0.1, 0.15) is 85.0 Å². The molecule has 0 aromatic carbocycles. The van der Waals surface area contributed by atoms with E-state index < -0.39 is 23.6 Å². The van der Waals surface area contributed by atoms with Gasteiger partial charge in [0, 0.05) is 6.42 Å². The quantitative estimate of drug-likeness (QED) is 0.306. The van der Waals surface area contributed by atoms with E-state index in [1.165, 1.54) is 12.2 Å². The third-order valence-corrected chi connectivity index (χ3v) is 4.50. The van der Waals surface area contributed by atoms with E-state index in [0.29, 0.717) is 25.7 Å². The number of carbonyl (C=O) groups is 2. The van der Waals surface area contributed by atoms with Gasteiger partial charge in [-0.05, 0) is 33.1 Å². The van der Waals surface area contributed by atoms with Gasteiger partial charge in [-0.3, -0.25) is 9.59 Å². The van der Waals surface area contributed by atoms with Gasteiger partial charge in [0.2, 0.25) is 0 Å². The maximum Gasteiger partial charge on any atom is 0.309 e. The fourth-order valence-electron chi connectivity index (χ4n) is 2.52. The Morgan fingerprint density at radius 3 is 2.20 bits per heavy atom. The highest BCUT2D eigenvalue weighted by molar-refractivity contribution is 5.84. The molecule has 5 heteroatoms. The molecule has 0 aliphatic carbocycles. The summed E-state index contributed by atoms with van der Waals surface area (Å²) in [6.45, 7) is 5.54. The molecule has 146 valence electrons.